The van der Waals surface area contributed by atoms with Gasteiger partial charge in [0.25, 0.3) is 5.91 Å². The van der Waals surface area contributed by atoms with Crippen LogP contribution in [0.4, 0.5) is 0 Å². The van der Waals surface area contributed by atoms with Crippen LogP contribution < -0.4 is 5.32 Å². The Balaban J connectivity index is 0.00000133. The van der Waals surface area contributed by atoms with Gasteiger partial charge in [0.2, 0.25) is 0 Å². The van der Waals surface area contributed by atoms with Gasteiger partial charge in [0.1, 0.15) is 24.0 Å². The van der Waals surface area contributed by atoms with E-state index >= 15 is 0 Å². The van der Waals surface area contributed by atoms with Crippen LogP contribution in [0.25, 0.3) is 5.57 Å². The lowest BCUT2D eigenvalue weighted by atomic mass is 9.81. The largest absolute Gasteiger partial charge is 0.388 e. The lowest BCUT2D eigenvalue weighted by Crippen LogP contribution is -2.57. The van der Waals surface area contributed by atoms with Gasteiger partial charge in [-0.05, 0) is 17.7 Å². The van der Waals surface area contributed by atoms with Gasteiger partial charge in [-0.15, -0.1) is 12.4 Å². The molecule has 4 atom stereocenters. The van der Waals surface area contributed by atoms with Crippen molar-refractivity contribution in [3.63, 3.8) is 0 Å². The average Bonchev–Trinajstić information content (AvgIpc) is 2.38. The summed E-state index contributed by atoms with van der Waals surface area (Å²) in [6.07, 6.45) is -0.754. The maximum absolute atomic E-state index is 11.8. The van der Waals surface area contributed by atoms with Gasteiger partial charge < -0.3 is 20.6 Å². The Morgan fingerprint density at radius 3 is 2.68 bits per heavy atom. The second kappa shape index (κ2) is 4.90. The number of carbonyl (C=O) groups excluding carboxylic acids is 1. The van der Waals surface area contributed by atoms with Gasteiger partial charge in [0.05, 0.1) is 6.04 Å². The topological polar surface area (TPSA) is 103 Å². The minimum atomic E-state index is -1.31. The van der Waals surface area contributed by atoms with Crippen molar-refractivity contribution in [2.45, 2.75) is 24.4 Å². The molecule has 0 spiro atoms. The predicted octanol–water partition coefficient (Wildman–Crippen LogP) is -0.905. The average molecular weight is 285 g/mol. The van der Waals surface area contributed by atoms with Crippen LogP contribution in [0.2, 0.25) is 0 Å². The number of rotatable bonds is 0. The van der Waals surface area contributed by atoms with Gasteiger partial charge in [-0.1, -0.05) is 6.07 Å². The molecule has 102 valence electrons. The molecule has 2 heterocycles. The highest BCUT2D eigenvalue weighted by Gasteiger charge is 2.42. The number of hydrogen-bond acceptors (Lipinski definition) is 5. The van der Waals surface area contributed by atoms with Crippen LogP contribution in [0.3, 0.4) is 0 Å². The molecule has 0 unspecified atom stereocenters. The third-order valence-electron chi connectivity index (χ3n) is 3.35. The van der Waals surface area contributed by atoms with Gasteiger partial charge in [0.15, 0.2) is 0 Å². The highest BCUT2D eigenvalue weighted by molar-refractivity contribution is 6.02. The molecular weight excluding hydrogens is 272 g/mol. The summed E-state index contributed by atoms with van der Waals surface area (Å²) in [5.74, 6) is -0.393. The van der Waals surface area contributed by atoms with Crippen molar-refractivity contribution in [1.82, 2.24) is 10.3 Å². The van der Waals surface area contributed by atoms with Crippen LogP contribution in [0.1, 0.15) is 16.1 Å². The van der Waals surface area contributed by atoms with E-state index in [4.69, 9.17) is 0 Å². The van der Waals surface area contributed by atoms with Crippen LogP contribution in [0, 0.1) is 0 Å². The standard InChI is InChI=1S/C12H12N2O4.ClH/c15-7-4-6-5-2-1-3-13-9(5)12(18)14-8(6)11(17)10(7)16;/h1-4,7-8,10-11,15-17H,(H,14,18);1H/t7-,8+,10+,11-;/m0./s1. The Labute approximate surface area is 115 Å². The van der Waals surface area contributed by atoms with Crippen LogP contribution in [0.5, 0.6) is 0 Å². The summed E-state index contributed by atoms with van der Waals surface area (Å²) in [4.78, 5) is 15.8. The van der Waals surface area contributed by atoms with Gasteiger partial charge in [0, 0.05) is 11.8 Å². The molecule has 0 saturated carbocycles. The second-order valence-corrected chi connectivity index (χ2v) is 4.44. The van der Waals surface area contributed by atoms with Gasteiger partial charge >= 0.3 is 0 Å². The molecule has 0 aromatic carbocycles. The second-order valence-electron chi connectivity index (χ2n) is 4.44. The molecule has 0 fully saturated rings. The minimum absolute atomic E-state index is 0. The number of halogens is 1. The first-order valence-corrected chi connectivity index (χ1v) is 5.62. The van der Waals surface area contributed by atoms with E-state index in [-0.39, 0.29) is 18.1 Å². The molecule has 0 radical (unpaired) electrons. The SMILES string of the molecule is Cl.O=C1N[C@@H]2C(=C[C@H](O)[C@@H](O)[C@H]2O)c2cccnc21. The summed E-state index contributed by atoms with van der Waals surface area (Å²) in [6.45, 7) is 0. The molecule has 4 N–H and O–H groups in total. The Hall–Kier alpha value is -1.47. The number of carbonyl (C=O) groups is 1. The Morgan fingerprint density at radius 2 is 1.95 bits per heavy atom. The van der Waals surface area contributed by atoms with Crippen LogP contribution in [0.15, 0.2) is 24.4 Å². The third-order valence-corrected chi connectivity index (χ3v) is 3.35. The Kier molecular flexibility index (Phi) is 3.60. The van der Waals surface area contributed by atoms with Gasteiger partial charge in [-0.25, -0.2) is 0 Å². The van der Waals surface area contributed by atoms with E-state index < -0.39 is 30.3 Å². The maximum Gasteiger partial charge on any atom is 0.271 e. The molecule has 1 aromatic heterocycles. The summed E-state index contributed by atoms with van der Waals surface area (Å²) in [7, 11) is 0. The molecule has 1 aliphatic heterocycles. The van der Waals surface area contributed by atoms with Crippen LogP contribution in [-0.4, -0.2) is 50.6 Å². The summed E-state index contributed by atoms with van der Waals surface area (Å²) < 4.78 is 0. The molecule has 0 saturated heterocycles. The van der Waals surface area contributed by atoms with Crippen LogP contribution in [-0.2, 0) is 0 Å². The molecule has 1 aliphatic carbocycles. The molecule has 0 bridgehead atoms. The molecule has 1 aromatic rings. The normalized spacial score (nSPS) is 32.4. The fourth-order valence-electron chi connectivity index (χ4n) is 2.42. The van der Waals surface area contributed by atoms with E-state index in [9.17, 15) is 20.1 Å². The number of nitrogens with one attached hydrogen (secondary N) is 1. The first kappa shape index (κ1) is 14.0. The van der Waals surface area contributed by atoms with Crippen molar-refractivity contribution in [3.8, 4) is 0 Å². The van der Waals surface area contributed by atoms with Crippen LogP contribution >= 0.6 is 12.4 Å². The summed E-state index contributed by atoms with van der Waals surface area (Å²) in [5, 5.41) is 31.8. The zero-order valence-corrected chi connectivity index (χ0v) is 10.5. The molecule has 2 aliphatic rings. The number of aliphatic hydroxyl groups excluding tert-OH is 3. The molecular formula is C12H13ClN2O4. The minimum Gasteiger partial charge on any atom is -0.388 e. The maximum atomic E-state index is 11.8. The van der Waals surface area contributed by atoms with E-state index in [0.717, 1.165) is 0 Å². The van der Waals surface area contributed by atoms with E-state index in [2.05, 4.69) is 10.3 Å². The number of aliphatic hydroxyl groups is 3. The quantitative estimate of drug-likeness (QED) is 0.494. The number of hydrogen-bond donors (Lipinski definition) is 4. The van der Waals surface area contributed by atoms with Gasteiger partial charge in [-0.3, -0.25) is 9.78 Å². The number of aromatic nitrogens is 1. The highest BCUT2D eigenvalue weighted by atomic mass is 35.5. The first-order chi connectivity index (χ1) is 8.59. The van der Waals surface area contributed by atoms with E-state index in [1.807, 2.05) is 0 Å². The Morgan fingerprint density at radius 1 is 1.21 bits per heavy atom. The third kappa shape index (κ3) is 2.02. The lowest BCUT2D eigenvalue weighted by molar-refractivity contribution is -0.0535. The van der Waals surface area contributed by atoms with E-state index in [1.54, 1.807) is 12.1 Å². The molecule has 6 nitrogen and oxygen atoms in total. The zero-order valence-electron chi connectivity index (χ0n) is 9.72. The van der Waals surface area contributed by atoms with Crippen molar-refractivity contribution in [3.05, 3.63) is 35.7 Å². The first-order valence-electron chi connectivity index (χ1n) is 5.62. The zero-order chi connectivity index (χ0) is 12.9. The van der Waals surface area contributed by atoms with E-state index in [1.165, 1.54) is 12.3 Å². The van der Waals surface area contributed by atoms with Crippen molar-refractivity contribution in [2.24, 2.45) is 0 Å². The summed E-state index contributed by atoms with van der Waals surface area (Å²) in [6, 6.07) is 2.67. The highest BCUT2D eigenvalue weighted by Crippen LogP contribution is 2.32. The molecule has 7 heteroatoms. The summed E-state index contributed by atoms with van der Waals surface area (Å²) in [5.41, 5.74) is 1.43. The smallest absolute Gasteiger partial charge is 0.271 e. The number of amides is 1. The van der Waals surface area contributed by atoms with Crippen molar-refractivity contribution in [2.75, 3.05) is 0 Å². The number of nitrogens with zero attached hydrogens (tertiary/aromatic N) is 1. The fourth-order valence-corrected chi connectivity index (χ4v) is 2.42. The van der Waals surface area contributed by atoms with Gasteiger partial charge in [-0.2, -0.15) is 0 Å². The molecule has 3 rings (SSSR count). The van der Waals surface area contributed by atoms with Crippen molar-refractivity contribution < 1.29 is 20.1 Å². The monoisotopic (exact) mass is 284 g/mol. The number of pyridine rings is 1. The van der Waals surface area contributed by atoms with Crippen molar-refractivity contribution >= 4 is 23.9 Å². The summed E-state index contributed by atoms with van der Waals surface area (Å²) >= 11 is 0. The Bertz CT molecular complexity index is 548. The predicted molar refractivity (Wildman–Crippen MR) is 68.7 cm³/mol. The lowest BCUT2D eigenvalue weighted by Gasteiger charge is -2.38. The van der Waals surface area contributed by atoms with E-state index in [0.29, 0.717) is 11.1 Å². The number of fused-ring (bicyclic) bond motifs is 3. The molecule has 1 amide bonds. The van der Waals surface area contributed by atoms with Crippen molar-refractivity contribution in [1.29, 1.82) is 0 Å². The molecule has 19 heavy (non-hydrogen) atoms. The fraction of sp³-hybridized carbons (Fsp3) is 0.333.